The first kappa shape index (κ1) is 12.9. The zero-order valence-electron chi connectivity index (χ0n) is 11.1. The minimum atomic E-state index is -0.459. The number of nitrogens with zero attached hydrogens (tertiary/aromatic N) is 3. The van der Waals surface area contributed by atoms with Crippen LogP contribution in [0.2, 0.25) is 0 Å². The molecule has 0 fully saturated rings. The van der Waals surface area contributed by atoms with Gasteiger partial charge in [-0.3, -0.25) is 14.0 Å². The molecule has 0 aromatic carbocycles. The SMILES string of the molecule is CCOC(=O)Cn1nc(C)n2c(cc3ccsc32)c1=O. The highest BCUT2D eigenvalue weighted by atomic mass is 32.1. The number of hydrogen-bond acceptors (Lipinski definition) is 5. The lowest BCUT2D eigenvalue weighted by molar-refractivity contribution is -0.144. The van der Waals surface area contributed by atoms with Crippen LogP contribution >= 0.6 is 11.3 Å². The van der Waals surface area contributed by atoms with Gasteiger partial charge in [-0.05, 0) is 31.4 Å². The summed E-state index contributed by atoms with van der Waals surface area (Å²) in [5, 5.41) is 7.18. The summed E-state index contributed by atoms with van der Waals surface area (Å²) in [6, 6.07) is 3.78. The molecule has 7 heteroatoms. The van der Waals surface area contributed by atoms with E-state index in [0.29, 0.717) is 11.3 Å². The highest BCUT2D eigenvalue weighted by Gasteiger charge is 2.14. The molecular weight excluding hydrogens is 278 g/mol. The van der Waals surface area contributed by atoms with Gasteiger partial charge < -0.3 is 4.74 Å². The number of carbonyl (C=O) groups is 1. The van der Waals surface area contributed by atoms with Crippen LogP contribution in [0.5, 0.6) is 0 Å². The molecule has 3 heterocycles. The van der Waals surface area contributed by atoms with Crippen molar-refractivity contribution in [3.05, 3.63) is 33.7 Å². The third kappa shape index (κ3) is 1.90. The van der Waals surface area contributed by atoms with Crippen LogP contribution in [-0.2, 0) is 16.1 Å². The number of thiophene rings is 1. The van der Waals surface area contributed by atoms with Gasteiger partial charge >= 0.3 is 5.97 Å². The van der Waals surface area contributed by atoms with Crippen LogP contribution in [0.1, 0.15) is 12.7 Å². The molecule has 20 heavy (non-hydrogen) atoms. The second kappa shape index (κ2) is 4.75. The van der Waals surface area contributed by atoms with Crippen LogP contribution in [0.15, 0.2) is 22.3 Å². The van der Waals surface area contributed by atoms with E-state index in [1.807, 2.05) is 28.8 Å². The zero-order valence-corrected chi connectivity index (χ0v) is 11.9. The minimum absolute atomic E-state index is 0.164. The Kier molecular flexibility index (Phi) is 3.06. The van der Waals surface area contributed by atoms with Crippen molar-refractivity contribution in [2.24, 2.45) is 0 Å². The van der Waals surface area contributed by atoms with E-state index in [-0.39, 0.29) is 18.7 Å². The fraction of sp³-hybridized carbons (Fsp3) is 0.308. The van der Waals surface area contributed by atoms with Crippen molar-refractivity contribution < 1.29 is 9.53 Å². The maximum absolute atomic E-state index is 12.4. The van der Waals surface area contributed by atoms with Crippen LogP contribution in [-0.4, -0.2) is 26.8 Å². The maximum atomic E-state index is 12.4. The summed E-state index contributed by atoms with van der Waals surface area (Å²) in [5.41, 5.74) is 0.246. The summed E-state index contributed by atoms with van der Waals surface area (Å²) in [5.74, 6) is 0.209. The summed E-state index contributed by atoms with van der Waals surface area (Å²) in [7, 11) is 0. The Morgan fingerprint density at radius 2 is 2.30 bits per heavy atom. The van der Waals surface area contributed by atoms with E-state index >= 15 is 0 Å². The third-order valence-electron chi connectivity index (χ3n) is 3.04. The number of ether oxygens (including phenoxy) is 1. The normalized spacial score (nSPS) is 11.3. The molecule has 0 aliphatic carbocycles. The number of hydrogen-bond donors (Lipinski definition) is 0. The molecule has 0 saturated carbocycles. The Bertz CT molecular complexity index is 859. The lowest BCUT2D eigenvalue weighted by Crippen LogP contribution is -2.30. The smallest absolute Gasteiger partial charge is 0.327 e. The molecule has 3 rings (SSSR count). The monoisotopic (exact) mass is 291 g/mol. The Morgan fingerprint density at radius 3 is 3.05 bits per heavy atom. The predicted molar refractivity (Wildman–Crippen MR) is 76.2 cm³/mol. The van der Waals surface area contributed by atoms with Crippen LogP contribution in [0.3, 0.4) is 0 Å². The van der Waals surface area contributed by atoms with Gasteiger partial charge in [0.15, 0.2) is 0 Å². The van der Waals surface area contributed by atoms with Gasteiger partial charge in [-0.15, -0.1) is 11.3 Å². The Morgan fingerprint density at radius 1 is 1.50 bits per heavy atom. The van der Waals surface area contributed by atoms with E-state index in [1.165, 1.54) is 0 Å². The first-order valence-electron chi connectivity index (χ1n) is 6.24. The second-order valence-electron chi connectivity index (χ2n) is 4.36. The molecule has 0 aliphatic rings. The predicted octanol–water partition coefficient (Wildman–Crippen LogP) is 1.58. The molecule has 6 nitrogen and oxygen atoms in total. The molecule has 0 atom stereocenters. The van der Waals surface area contributed by atoms with E-state index in [9.17, 15) is 9.59 Å². The molecule has 0 radical (unpaired) electrons. The molecule has 0 bridgehead atoms. The Balaban J connectivity index is 2.18. The van der Waals surface area contributed by atoms with Gasteiger partial charge in [-0.2, -0.15) is 5.10 Å². The van der Waals surface area contributed by atoms with Gasteiger partial charge in [0.1, 0.15) is 22.7 Å². The van der Waals surface area contributed by atoms with Gasteiger partial charge in [0, 0.05) is 5.39 Å². The van der Waals surface area contributed by atoms with Crippen LogP contribution in [0, 0.1) is 6.92 Å². The molecule has 0 saturated heterocycles. The summed E-state index contributed by atoms with van der Waals surface area (Å²) in [6.45, 7) is 3.66. The minimum Gasteiger partial charge on any atom is -0.465 e. The molecule has 0 spiro atoms. The standard InChI is InChI=1S/C13H13N3O3S/c1-3-19-11(17)7-15-12(18)10-6-9-4-5-20-13(9)16(10)8(2)14-15/h4-6H,3,7H2,1-2H3. The molecular formula is C13H13N3O3S. The highest BCUT2D eigenvalue weighted by Crippen LogP contribution is 2.24. The average molecular weight is 291 g/mol. The number of fused-ring (bicyclic) bond motifs is 3. The lowest BCUT2D eigenvalue weighted by atomic mass is 10.4. The summed E-state index contributed by atoms with van der Waals surface area (Å²) >= 11 is 1.56. The maximum Gasteiger partial charge on any atom is 0.327 e. The topological polar surface area (TPSA) is 65.6 Å². The molecule has 3 aromatic heterocycles. The Hall–Kier alpha value is -2.15. The summed E-state index contributed by atoms with van der Waals surface area (Å²) in [6.07, 6.45) is 0. The van der Waals surface area contributed by atoms with E-state index in [1.54, 1.807) is 18.3 Å². The largest absolute Gasteiger partial charge is 0.465 e. The first-order valence-corrected chi connectivity index (χ1v) is 7.11. The van der Waals surface area contributed by atoms with E-state index in [4.69, 9.17) is 4.74 Å². The molecule has 0 aliphatic heterocycles. The summed E-state index contributed by atoms with van der Waals surface area (Å²) < 4.78 is 7.84. The van der Waals surface area contributed by atoms with Crippen molar-refractivity contribution in [3.63, 3.8) is 0 Å². The molecule has 0 unspecified atom stereocenters. The number of aryl methyl sites for hydroxylation is 1. The first-order chi connectivity index (χ1) is 9.61. The van der Waals surface area contributed by atoms with E-state index in [0.717, 1.165) is 14.9 Å². The van der Waals surface area contributed by atoms with Gasteiger partial charge in [0.05, 0.1) is 6.61 Å². The molecule has 0 amide bonds. The van der Waals surface area contributed by atoms with Crippen molar-refractivity contribution in [1.82, 2.24) is 14.2 Å². The van der Waals surface area contributed by atoms with Crippen molar-refractivity contribution in [2.75, 3.05) is 6.61 Å². The number of aromatic nitrogens is 3. The van der Waals surface area contributed by atoms with Crippen molar-refractivity contribution in [2.45, 2.75) is 20.4 Å². The third-order valence-corrected chi connectivity index (χ3v) is 3.95. The van der Waals surface area contributed by atoms with Gasteiger partial charge in [0.25, 0.3) is 5.56 Å². The van der Waals surface area contributed by atoms with E-state index < -0.39 is 5.97 Å². The molecule has 104 valence electrons. The fourth-order valence-electron chi connectivity index (χ4n) is 2.24. The van der Waals surface area contributed by atoms with Gasteiger partial charge in [-0.25, -0.2) is 4.68 Å². The van der Waals surface area contributed by atoms with Gasteiger partial charge in [-0.1, -0.05) is 0 Å². The number of carbonyl (C=O) groups excluding carboxylic acids is 1. The van der Waals surface area contributed by atoms with Crippen molar-refractivity contribution in [1.29, 1.82) is 0 Å². The van der Waals surface area contributed by atoms with Crippen LogP contribution in [0.4, 0.5) is 0 Å². The van der Waals surface area contributed by atoms with Gasteiger partial charge in [0.2, 0.25) is 0 Å². The number of rotatable bonds is 3. The Labute approximate surface area is 118 Å². The summed E-state index contributed by atoms with van der Waals surface area (Å²) in [4.78, 5) is 24.9. The van der Waals surface area contributed by atoms with E-state index in [2.05, 4.69) is 5.10 Å². The number of esters is 1. The average Bonchev–Trinajstić information content (AvgIpc) is 2.95. The van der Waals surface area contributed by atoms with Crippen molar-refractivity contribution >= 4 is 33.0 Å². The quantitative estimate of drug-likeness (QED) is 0.687. The molecule has 0 N–H and O–H groups in total. The second-order valence-corrected chi connectivity index (χ2v) is 5.26. The van der Waals surface area contributed by atoms with Crippen LogP contribution < -0.4 is 5.56 Å². The fourth-order valence-corrected chi connectivity index (χ4v) is 3.18. The van der Waals surface area contributed by atoms with Crippen molar-refractivity contribution in [3.8, 4) is 0 Å². The zero-order chi connectivity index (χ0) is 14.3. The highest BCUT2D eigenvalue weighted by molar-refractivity contribution is 7.16. The molecule has 3 aromatic rings. The lowest BCUT2D eigenvalue weighted by Gasteiger charge is -2.07. The van der Waals surface area contributed by atoms with Crippen LogP contribution in [0.25, 0.3) is 15.7 Å².